The first-order valence-corrected chi connectivity index (χ1v) is 5.59. The van der Waals surface area contributed by atoms with Gasteiger partial charge in [0.2, 0.25) is 5.91 Å². The number of carboxylic acid groups (broad SMARTS) is 1. The molecule has 0 bridgehead atoms. The molecule has 2 N–H and O–H groups in total. The van der Waals surface area contributed by atoms with Gasteiger partial charge < -0.3 is 10.4 Å². The number of carboxylic acids is 1. The van der Waals surface area contributed by atoms with Crippen molar-refractivity contribution in [3.8, 4) is 0 Å². The van der Waals surface area contributed by atoms with Crippen LogP contribution in [-0.4, -0.2) is 23.5 Å². The maximum Gasteiger partial charge on any atom is 0.308 e. The van der Waals surface area contributed by atoms with E-state index in [4.69, 9.17) is 16.7 Å². The molecule has 1 rings (SSSR count). The van der Waals surface area contributed by atoms with E-state index >= 15 is 0 Å². The highest BCUT2D eigenvalue weighted by atomic mass is 35.5. The van der Waals surface area contributed by atoms with Crippen molar-refractivity contribution < 1.29 is 14.7 Å². The van der Waals surface area contributed by atoms with Crippen LogP contribution in [0, 0.1) is 5.92 Å². The molecular weight excluding hydrogens is 242 g/mol. The molecule has 0 aliphatic rings. The van der Waals surface area contributed by atoms with Gasteiger partial charge in [0.1, 0.15) is 0 Å². The lowest BCUT2D eigenvalue weighted by Gasteiger charge is -2.13. The second kappa shape index (κ2) is 6.25. The first-order valence-electron chi connectivity index (χ1n) is 5.21. The zero-order valence-corrected chi connectivity index (χ0v) is 10.2. The van der Waals surface area contributed by atoms with Crippen molar-refractivity contribution in [3.63, 3.8) is 0 Å². The average molecular weight is 256 g/mol. The SMILES string of the molecule is CC(=O)NCC(Cc1ccccc1Cl)C(=O)O. The van der Waals surface area contributed by atoms with E-state index in [1.165, 1.54) is 6.92 Å². The van der Waals surface area contributed by atoms with Crippen molar-refractivity contribution in [2.75, 3.05) is 6.54 Å². The average Bonchev–Trinajstić information content (AvgIpc) is 2.25. The number of carbonyl (C=O) groups excluding carboxylic acids is 1. The molecule has 0 aliphatic heterocycles. The van der Waals surface area contributed by atoms with Gasteiger partial charge in [-0.15, -0.1) is 0 Å². The highest BCUT2D eigenvalue weighted by molar-refractivity contribution is 6.31. The first kappa shape index (κ1) is 13.5. The van der Waals surface area contributed by atoms with Crippen LogP contribution >= 0.6 is 11.6 Å². The fourth-order valence-corrected chi connectivity index (χ4v) is 1.66. The summed E-state index contributed by atoms with van der Waals surface area (Å²) in [6.07, 6.45) is 0.301. The molecule has 0 fully saturated rings. The molecule has 0 spiro atoms. The summed E-state index contributed by atoms with van der Waals surface area (Å²) in [4.78, 5) is 21.8. The van der Waals surface area contributed by atoms with Crippen LogP contribution in [0.1, 0.15) is 12.5 Å². The van der Waals surface area contributed by atoms with E-state index in [9.17, 15) is 9.59 Å². The number of nitrogens with one attached hydrogen (secondary N) is 1. The third-order valence-corrected chi connectivity index (χ3v) is 2.74. The standard InChI is InChI=1S/C12H14ClNO3/c1-8(15)14-7-10(12(16)17)6-9-4-2-3-5-11(9)13/h2-5,10H,6-7H2,1H3,(H,14,15)(H,16,17). The molecule has 0 aliphatic carbocycles. The molecule has 0 heterocycles. The van der Waals surface area contributed by atoms with Crippen LogP contribution in [0.5, 0.6) is 0 Å². The molecule has 92 valence electrons. The maximum absolute atomic E-state index is 11.0. The van der Waals surface area contributed by atoms with Crippen molar-refractivity contribution in [1.82, 2.24) is 5.32 Å². The Morgan fingerprint density at radius 1 is 1.41 bits per heavy atom. The Morgan fingerprint density at radius 2 is 2.06 bits per heavy atom. The number of hydrogen-bond donors (Lipinski definition) is 2. The van der Waals surface area contributed by atoms with Crippen molar-refractivity contribution in [2.24, 2.45) is 5.92 Å². The molecule has 1 aromatic carbocycles. The molecular formula is C12H14ClNO3. The van der Waals surface area contributed by atoms with E-state index in [2.05, 4.69) is 5.32 Å². The van der Waals surface area contributed by atoms with Crippen molar-refractivity contribution in [3.05, 3.63) is 34.9 Å². The molecule has 0 saturated carbocycles. The number of amides is 1. The molecule has 1 atom stereocenters. The van der Waals surface area contributed by atoms with E-state index in [-0.39, 0.29) is 12.5 Å². The summed E-state index contributed by atoms with van der Waals surface area (Å²) in [5, 5.41) is 12.1. The Kier molecular flexibility index (Phi) is 4.97. The number of aliphatic carboxylic acids is 1. The summed E-state index contributed by atoms with van der Waals surface area (Å²) in [5.41, 5.74) is 0.770. The molecule has 5 heteroatoms. The summed E-state index contributed by atoms with van der Waals surface area (Å²) in [7, 11) is 0. The van der Waals surface area contributed by atoms with E-state index in [1.54, 1.807) is 24.3 Å². The molecule has 0 aromatic heterocycles. The molecule has 1 amide bonds. The Morgan fingerprint density at radius 3 is 2.59 bits per heavy atom. The van der Waals surface area contributed by atoms with Crippen LogP contribution in [0.3, 0.4) is 0 Å². The highest BCUT2D eigenvalue weighted by Crippen LogP contribution is 2.18. The minimum Gasteiger partial charge on any atom is -0.481 e. The lowest BCUT2D eigenvalue weighted by molar-refractivity contribution is -0.141. The quantitative estimate of drug-likeness (QED) is 0.842. The van der Waals surface area contributed by atoms with Crippen LogP contribution in [0.25, 0.3) is 0 Å². The van der Waals surface area contributed by atoms with Crippen molar-refractivity contribution >= 4 is 23.5 Å². The number of rotatable bonds is 5. The summed E-state index contributed by atoms with van der Waals surface area (Å²) in [5.74, 6) is -1.85. The van der Waals surface area contributed by atoms with Gasteiger partial charge in [-0.1, -0.05) is 29.8 Å². The third-order valence-electron chi connectivity index (χ3n) is 2.37. The van der Waals surface area contributed by atoms with Gasteiger partial charge >= 0.3 is 5.97 Å². The van der Waals surface area contributed by atoms with Crippen LogP contribution in [0.2, 0.25) is 5.02 Å². The molecule has 0 radical (unpaired) electrons. The summed E-state index contributed by atoms with van der Waals surface area (Å²) >= 11 is 5.96. The lowest BCUT2D eigenvalue weighted by atomic mass is 9.99. The zero-order valence-electron chi connectivity index (χ0n) is 9.44. The summed E-state index contributed by atoms with van der Waals surface area (Å²) in [6, 6.07) is 7.09. The van der Waals surface area contributed by atoms with Gasteiger partial charge in [-0.25, -0.2) is 0 Å². The highest BCUT2D eigenvalue weighted by Gasteiger charge is 2.19. The predicted octanol–water partition coefficient (Wildman–Crippen LogP) is 1.72. The molecule has 1 unspecified atom stereocenters. The fourth-order valence-electron chi connectivity index (χ4n) is 1.44. The maximum atomic E-state index is 11.0. The van der Waals surface area contributed by atoms with Gasteiger partial charge in [-0.3, -0.25) is 9.59 Å². The second-order valence-corrected chi connectivity index (χ2v) is 4.17. The van der Waals surface area contributed by atoms with Crippen molar-refractivity contribution in [2.45, 2.75) is 13.3 Å². The smallest absolute Gasteiger partial charge is 0.308 e. The van der Waals surface area contributed by atoms with E-state index in [0.717, 1.165) is 5.56 Å². The summed E-state index contributed by atoms with van der Waals surface area (Å²) < 4.78 is 0. The van der Waals surface area contributed by atoms with E-state index in [1.807, 2.05) is 0 Å². The minimum absolute atomic E-state index is 0.107. The topological polar surface area (TPSA) is 66.4 Å². The first-order chi connectivity index (χ1) is 8.00. The fraction of sp³-hybridized carbons (Fsp3) is 0.333. The monoisotopic (exact) mass is 255 g/mol. The number of benzene rings is 1. The summed E-state index contributed by atoms with van der Waals surface area (Å²) in [6.45, 7) is 1.46. The molecule has 4 nitrogen and oxygen atoms in total. The molecule has 1 aromatic rings. The number of carbonyl (C=O) groups is 2. The van der Waals surface area contributed by atoms with Crippen LogP contribution in [0.15, 0.2) is 24.3 Å². The van der Waals surface area contributed by atoms with Crippen molar-refractivity contribution in [1.29, 1.82) is 0 Å². The second-order valence-electron chi connectivity index (χ2n) is 3.77. The minimum atomic E-state index is -0.946. The van der Waals surface area contributed by atoms with Crippen LogP contribution < -0.4 is 5.32 Å². The lowest BCUT2D eigenvalue weighted by Crippen LogP contribution is -2.32. The van der Waals surface area contributed by atoms with Crippen LogP contribution in [-0.2, 0) is 16.0 Å². The van der Waals surface area contributed by atoms with Gasteiger partial charge in [0.05, 0.1) is 5.92 Å². The molecule has 0 saturated heterocycles. The Bertz CT molecular complexity index is 420. The number of halogens is 1. The zero-order chi connectivity index (χ0) is 12.8. The van der Waals surface area contributed by atoms with Crippen LogP contribution in [0.4, 0.5) is 0 Å². The Labute approximate surface area is 105 Å². The van der Waals surface area contributed by atoms with Gasteiger partial charge in [0.25, 0.3) is 0 Å². The van der Waals surface area contributed by atoms with Gasteiger partial charge in [-0.05, 0) is 18.1 Å². The number of hydrogen-bond acceptors (Lipinski definition) is 2. The predicted molar refractivity (Wildman–Crippen MR) is 65.0 cm³/mol. The van der Waals surface area contributed by atoms with Gasteiger partial charge in [0.15, 0.2) is 0 Å². The van der Waals surface area contributed by atoms with E-state index < -0.39 is 11.9 Å². The largest absolute Gasteiger partial charge is 0.481 e. The Balaban J connectivity index is 2.70. The Hall–Kier alpha value is -1.55. The van der Waals surface area contributed by atoms with Gasteiger partial charge in [-0.2, -0.15) is 0 Å². The third kappa shape index (κ3) is 4.44. The molecule has 17 heavy (non-hydrogen) atoms. The van der Waals surface area contributed by atoms with Gasteiger partial charge in [0, 0.05) is 18.5 Å². The van der Waals surface area contributed by atoms with E-state index in [0.29, 0.717) is 11.4 Å². The normalized spacial score (nSPS) is 11.9.